The molecule has 7 heteroatoms. The molecule has 2 aromatic rings. The van der Waals surface area contributed by atoms with E-state index < -0.39 is 0 Å². The van der Waals surface area contributed by atoms with Crippen LogP contribution in [0.4, 0.5) is 0 Å². The standard InChI is InChI=1S/C18H19ClN4O2/c1-25-14-8-6-12(7-9-14)16-10-17(22-21-16)18(24)23-20-11-13-4-2-3-5-15(13)19/h2-9,11,16-17,21-22H,10H2,1H3,(H,23,24)/b20-11-. The number of nitrogens with one attached hydrogen (secondary N) is 3. The summed E-state index contributed by atoms with van der Waals surface area (Å²) >= 11 is 6.04. The second-order valence-corrected chi connectivity index (χ2v) is 6.07. The molecule has 0 spiro atoms. The lowest BCUT2D eigenvalue weighted by Gasteiger charge is -2.10. The molecule has 2 unspecified atom stereocenters. The second kappa shape index (κ2) is 8.11. The molecule has 0 bridgehead atoms. The number of carbonyl (C=O) groups excluding carboxylic acids is 1. The second-order valence-electron chi connectivity index (χ2n) is 5.66. The number of hydrazine groups is 1. The van der Waals surface area contributed by atoms with E-state index in [0.717, 1.165) is 16.9 Å². The molecular weight excluding hydrogens is 340 g/mol. The number of amides is 1. The van der Waals surface area contributed by atoms with Crippen molar-refractivity contribution in [3.05, 3.63) is 64.7 Å². The Kier molecular flexibility index (Phi) is 5.65. The fourth-order valence-corrected chi connectivity index (χ4v) is 2.79. The molecule has 0 aromatic heterocycles. The average Bonchev–Trinajstić information content (AvgIpc) is 3.13. The smallest absolute Gasteiger partial charge is 0.258 e. The van der Waals surface area contributed by atoms with Crippen LogP contribution in [-0.4, -0.2) is 25.3 Å². The Morgan fingerprint density at radius 3 is 2.72 bits per heavy atom. The van der Waals surface area contributed by atoms with Gasteiger partial charge in [0.2, 0.25) is 0 Å². The maximum atomic E-state index is 12.2. The quantitative estimate of drug-likeness (QED) is 0.567. The van der Waals surface area contributed by atoms with Gasteiger partial charge in [0.05, 0.1) is 13.3 Å². The topological polar surface area (TPSA) is 74.8 Å². The molecule has 2 atom stereocenters. The summed E-state index contributed by atoms with van der Waals surface area (Å²) in [5.41, 5.74) is 10.5. The average molecular weight is 359 g/mol. The highest BCUT2D eigenvalue weighted by molar-refractivity contribution is 6.33. The zero-order valence-corrected chi connectivity index (χ0v) is 14.5. The minimum absolute atomic E-state index is 0.0502. The number of benzene rings is 2. The zero-order valence-electron chi connectivity index (χ0n) is 13.7. The van der Waals surface area contributed by atoms with Gasteiger partial charge in [-0.25, -0.2) is 16.3 Å². The van der Waals surface area contributed by atoms with E-state index in [-0.39, 0.29) is 18.0 Å². The normalized spacial score (nSPS) is 19.9. The van der Waals surface area contributed by atoms with E-state index in [1.54, 1.807) is 13.2 Å². The lowest BCUT2D eigenvalue weighted by Crippen LogP contribution is -2.41. The van der Waals surface area contributed by atoms with Gasteiger partial charge in [-0.1, -0.05) is 41.9 Å². The third-order valence-electron chi connectivity index (χ3n) is 4.02. The Hall–Kier alpha value is -2.41. The molecule has 0 aliphatic carbocycles. The first-order chi connectivity index (χ1) is 12.2. The van der Waals surface area contributed by atoms with Gasteiger partial charge in [0.1, 0.15) is 11.8 Å². The van der Waals surface area contributed by atoms with Crippen LogP contribution in [0, 0.1) is 0 Å². The third-order valence-corrected chi connectivity index (χ3v) is 4.37. The first-order valence-corrected chi connectivity index (χ1v) is 8.27. The van der Waals surface area contributed by atoms with Crippen molar-refractivity contribution >= 4 is 23.7 Å². The van der Waals surface area contributed by atoms with Gasteiger partial charge >= 0.3 is 0 Å². The van der Waals surface area contributed by atoms with Crippen molar-refractivity contribution in [3.63, 3.8) is 0 Å². The van der Waals surface area contributed by atoms with Gasteiger partial charge in [0.15, 0.2) is 0 Å². The predicted octanol–water partition coefficient (Wildman–Crippen LogP) is 2.41. The number of ether oxygens (including phenoxy) is 1. The Balaban J connectivity index is 1.54. The van der Waals surface area contributed by atoms with E-state index in [9.17, 15) is 4.79 Å². The van der Waals surface area contributed by atoms with E-state index in [1.165, 1.54) is 6.21 Å². The van der Waals surface area contributed by atoms with Gasteiger partial charge in [-0.15, -0.1) is 0 Å². The van der Waals surface area contributed by atoms with Crippen LogP contribution in [0.15, 0.2) is 53.6 Å². The van der Waals surface area contributed by atoms with Gasteiger partial charge in [0, 0.05) is 16.6 Å². The summed E-state index contributed by atoms with van der Waals surface area (Å²) in [6.45, 7) is 0. The van der Waals surface area contributed by atoms with Gasteiger partial charge in [-0.3, -0.25) is 4.79 Å². The van der Waals surface area contributed by atoms with E-state index in [0.29, 0.717) is 11.4 Å². The van der Waals surface area contributed by atoms with Gasteiger partial charge in [-0.05, 0) is 30.2 Å². The number of nitrogens with zero attached hydrogens (tertiary/aromatic N) is 1. The molecule has 6 nitrogen and oxygen atoms in total. The molecule has 3 rings (SSSR count). The van der Waals surface area contributed by atoms with Crippen molar-refractivity contribution in [2.45, 2.75) is 18.5 Å². The van der Waals surface area contributed by atoms with Gasteiger partial charge in [0.25, 0.3) is 5.91 Å². The van der Waals surface area contributed by atoms with Gasteiger partial charge < -0.3 is 4.74 Å². The van der Waals surface area contributed by atoms with Crippen molar-refractivity contribution < 1.29 is 9.53 Å². The summed E-state index contributed by atoms with van der Waals surface area (Å²) in [5, 5.41) is 4.56. The molecule has 3 N–H and O–H groups in total. The van der Waals surface area contributed by atoms with Crippen LogP contribution in [0.25, 0.3) is 0 Å². The first kappa shape index (κ1) is 17.4. The van der Waals surface area contributed by atoms with Crippen LogP contribution in [0.5, 0.6) is 5.75 Å². The van der Waals surface area contributed by atoms with E-state index in [1.807, 2.05) is 42.5 Å². The molecular formula is C18H19ClN4O2. The number of halogens is 1. The number of methoxy groups -OCH3 is 1. The van der Waals surface area contributed by atoms with Crippen molar-refractivity contribution in [1.82, 2.24) is 16.3 Å². The van der Waals surface area contributed by atoms with Crippen molar-refractivity contribution in [1.29, 1.82) is 0 Å². The molecule has 0 radical (unpaired) electrons. The first-order valence-electron chi connectivity index (χ1n) is 7.90. The SMILES string of the molecule is COc1ccc(C2CC(C(=O)N/N=C\c3ccccc3Cl)NN2)cc1. The van der Waals surface area contributed by atoms with Crippen LogP contribution in [0.2, 0.25) is 5.02 Å². The monoisotopic (exact) mass is 358 g/mol. The minimum Gasteiger partial charge on any atom is -0.497 e. The Morgan fingerprint density at radius 1 is 1.24 bits per heavy atom. The molecule has 130 valence electrons. The Labute approximate surface area is 151 Å². The molecule has 1 amide bonds. The van der Waals surface area contributed by atoms with E-state index >= 15 is 0 Å². The Morgan fingerprint density at radius 2 is 2.00 bits per heavy atom. The highest BCUT2D eigenvalue weighted by atomic mass is 35.5. The summed E-state index contributed by atoms with van der Waals surface area (Å²) in [7, 11) is 1.63. The van der Waals surface area contributed by atoms with Gasteiger partial charge in [-0.2, -0.15) is 5.10 Å². The van der Waals surface area contributed by atoms with Crippen molar-refractivity contribution in [2.75, 3.05) is 7.11 Å². The number of hydrogen-bond donors (Lipinski definition) is 3. The molecule has 2 aromatic carbocycles. The summed E-state index contributed by atoms with van der Waals surface area (Å²) in [4.78, 5) is 12.2. The number of rotatable bonds is 5. The Bertz CT molecular complexity index is 764. The van der Waals surface area contributed by atoms with Crippen LogP contribution < -0.4 is 21.0 Å². The molecule has 1 saturated heterocycles. The van der Waals surface area contributed by atoms with Crippen LogP contribution >= 0.6 is 11.6 Å². The van der Waals surface area contributed by atoms with Crippen LogP contribution in [0.3, 0.4) is 0 Å². The largest absolute Gasteiger partial charge is 0.497 e. The highest BCUT2D eigenvalue weighted by Crippen LogP contribution is 2.24. The van der Waals surface area contributed by atoms with Crippen LogP contribution in [0.1, 0.15) is 23.6 Å². The highest BCUT2D eigenvalue weighted by Gasteiger charge is 2.29. The van der Waals surface area contributed by atoms with E-state index in [4.69, 9.17) is 16.3 Å². The van der Waals surface area contributed by atoms with Crippen LogP contribution in [-0.2, 0) is 4.79 Å². The summed E-state index contributed by atoms with van der Waals surface area (Å²) in [6, 6.07) is 14.7. The molecule has 1 aliphatic rings. The summed E-state index contributed by atoms with van der Waals surface area (Å²) in [5.74, 6) is 0.602. The zero-order chi connectivity index (χ0) is 17.6. The maximum Gasteiger partial charge on any atom is 0.258 e. The number of hydrogen-bond acceptors (Lipinski definition) is 5. The molecule has 1 fully saturated rings. The maximum absolute atomic E-state index is 12.2. The predicted molar refractivity (Wildman–Crippen MR) is 97.6 cm³/mol. The lowest BCUT2D eigenvalue weighted by atomic mass is 10.0. The van der Waals surface area contributed by atoms with Crippen molar-refractivity contribution in [2.24, 2.45) is 5.10 Å². The molecule has 1 heterocycles. The fourth-order valence-electron chi connectivity index (χ4n) is 2.61. The number of carbonyl (C=O) groups is 1. The third kappa shape index (κ3) is 4.36. The summed E-state index contributed by atoms with van der Waals surface area (Å²) in [6.07, 6.45) is 2.16. The molecule has 0 saturated carbocycles. The minimum atomic E-state index is -0.365. The number of hydrazone groups is 1. The van der Waals surface area contributed by atoms with Crippen molar-refractivity contribution in [3.8, 4) is 5.75 Å². The lowest BCUT2D eigenvalue weighted by molar-refractivity contribution is -0.122. The van der Waals surface area contributed by atoms with E-state index in [2.05, 4.69) is 21.4 Å². The summed E-state index contributed by atoms with van der Waals surface area (Å²) < 4.78 is 5.15. The fraction of sp³-hybridized carbons (Fsp3) is 0.222. The molecule has 25 heavy (non-hydrogen) atoms. The molecule has 1 aliphatic heterocycles.